The van der Waals surface area contributed by atoms with Crippen LogP contribution in [0.5, 0.6) is 0 Å². The Morgan fingerprint density at radius 1 is 1.14 bits per heavy atom. The van der Waals surface area contributed by atoms with E-state index in [-0.39, 0.29) is 34.7 Å². The van der Waals surface area contributed by atoms with E-state index in [4.69, 9.17) is 4.42 Å². The molecule has 4 rings (SSSR count). The summed E-state index contributed by atoms with van der Waals surface area (Å²) in [5.74, 6) is 2.97. The standard InChI is InChI=1S/C20H27N3O4S2/c24-17(12-22-18(25)16-3-1-8-27-16)21-11-15-14(13-4-5-13)6-7-23(15)19(26)20-28-9-2-10-29-20/h1,3,8,13-15,20H,2,4-7,9-12H2,(H,21,24)(H,22,25). The van der Waals surface area contributed by atoms with Gasteiger partial charge in [-0.2, -0.15) is 0 Å². The number of furan rings is 1. The number of rotatable bonds is 7. The molecule has 1 aromatic heterocycles. The van der Waals surface area contributed by atoms with Gasteiger partial charge in [0.1, 0.15) is 4.58 Å². The van der Waals surface area contributed by atoms with Crippen LogP contribution in [-0.2, 0) is 9.59 Å². The molecule has 3 aliphatic rings. The second kappa shape index (κ2) is 9.47. The number of likely N-dealkylation sites (tertiary alicyclic amines) is 1. The predicted molar refractivity (Wildman–Crippen MR) is 114 cm³/mol. The first-order valence-corrected chi connectivity index (χ1v) is 12.4. The number of amides is 3. The third-order valence-electron chi connectivity index (χ3n) is 5.80. The van der Waals surface area contributed by atoms with E-state index in [1.54, 1.807) is 35.7 Å². The van der Waals surface area contributed by atoms with E-state index in [0.717, 1.165) is 30.9 Å². The van der Waals surface area contributed by atoms with Gasteiger partial charge in [-0.1, -0.05) is 0 Å². The van der Waals surface area contributed by atoms with Gasteiger partial charge in [-0.15, -0.1) is 23.5 Å². The van der Waals surface area contributed by atoms with Crippen molar-refractivity contribution in [3.05, 3.63) is 24.2 Å². The molecule has 9 heteroatoms. The summed E-state index contributed by atoms with van der Waals surface area (Å²) in [6.07, 6.45) is 6.05. The average Bonchev–Trinajstić information content (AvgIpc) is 3.27. The molecule has 0 spiro atoms. The molecular weight excluding hydrogens is 410 g/mol. The molecule has 0 bridgehead atoms. The highest BCUT2D eigenvalue weighted by atomic mass is 32.2. The summed E-state index contributed by atoms with van der Waals surface area (Å²) in [6, 6.07) is 3.24. The number of hydrogen-bond acceptors (Lipinski definition) is 6. The molecule has 7 nitrogen and oxygen atoms in total. The highest BCUT2D eigenvalue weighted by molar-refractivity contribution is 8.18. The number of carbonyl (C=O) groups excluding carboxylic acids is 3. The molecule has 2 aliphatic heterocycles. The van der Waals surface area contributed by atoms with Crippen molar-refractivity contribution < 1.29 is 18.8 Å². The molecule has 1 aromatic rings. The summed E-state index contributed by atoms with van der Waals surface area (Å²) < 4.78 is 5.02. The zero-order valence-electron chi connectivity index (χ0n) is 16.3. The van der Waals surface area contributed by atoms with Gasteiger partial charge in [0.2, 0.25) is 11.8 Å². The minimum atomic E-state index is -0.412. The Morgan fingerprint density at radius 2 is 1.93 bits per heavy atom. The molecule has 2 atom stereocenters. The molecule has 2 saturated heterocycles. The maximum absolute atomic E-state index is 13.1. The van der Waals surface area contributed by atoms with Crippen LogP contribution in [-0.4, -0.2) is 64.4 Å². The fraction of sp³-hybridized carbons (Fsp3) is 0.650. The molecule has 2 N–H and O–H groups in total. The number of hydrogen-bond donors (Lipinski definition) is 2. The van der Waals surface area contributed by atoms with E-state index in [1.165, 1.54) is 19.1 Å². The highest BCUT2D eigenvalue weighted by Gasteiger charge is 2.46. The lowest BCUT2D eigenvalue weighted by Crippen LogP contribution is -2.49. The second-order valence-corrected chi connectivity index (χ2v) is 10.5. The lowest BCUT2D eigenvalue weighted by molar-refractivity contribution is -0.131. The number of nitrogens with one attached hydrogen (secondary N) is 2. The lowest BCUT2D eigenvalue weighted by Gasteiger charge is -2.32. The van der Waals surface area contributed by atoms with E-state index < -0.39 is 5.91 Å². The third-order valence-corrected chi connectivity index (χ3v) is 8.67. The van der Waals surface area contributed by atoms with Crippen LogP contribution >= 0.6 is 23.5 Å². The number of carbonyl (C=O) groups is 3. The first-order valence-electron chi connectivity index (χ1n) is 10.3. The van der Waals surface area contributed by atoms with E-state index in [1.807, 2.05) is 4.90 Å². The van der Waals surface area contributed by atoms with Crippen LogP contribution in [0, 0.1) is 11.8 Å². The van der Waals surface area contributed by atoms with Crippen LogP contribution in [0.15, 0.2) is 22.8 Å². The van der Waals surface area contributed by atoms with Gasteiger partial charge in [-0.25, -0.2) is 0 Å². The van der Waals surface area contributed by atoms with Crippen LogP contribution < -0.4 is 10.6 Å². The van der Waals surface area contributed by atoms with Crippen LogP contribution in [0.1, 0.15) is 36.2 Å². The average molecular weight is 438 g/mol. The van der Waals surface area contributed by atoms with E-state index in [2.05, 4.69) is 10.6 Å². The van der Waals surface area contributed by atoms with Gasteiger partial charge < -0.3 is 20.0 Å². The molecule has 0 radical (unpaired) electrons. The van der Waals surface area contributed by atoms with Gasteiger partial charge in [0.25, 0.3) is 5.91 Å². The minimum Gasteiger partial charge on any atom is -0.459 e. The monoisotopic (exact) mass is 437 g/mol. The second-order valence-electron chi connectivity index (χ2n) is 7.78. The van der Waals surface area contributed by atoms with Crippen molar-refractivity contribution in [1.82, 2.24) is 15.5 Å². The largest absolute Gasteiger partial charge is 0.459 e. The first-order chi connectivity index (χ1) is 14.1. The molecule has 158 valence electrons. The summed E-state index contributed by atoms with van der Waals surface area (Å²) >= 11 is 3.50. The van der Waals surface area contributed by atoms with Crippen molar-refractivity contribution in [2.24, 2.45) is 11.8 Å². The van der Waals surface area contributed by atoms with Crippen molar-refractivity contribution >= 4 is 41.2 Å². The fourth-order valence-corrected chi connectivity index (χ4v) is 6.94. The molecule has 3 fully saturated rings. The van der Waals surface area contributed by atoms with Crippen molar-refractivity contribution in [1.29, 1.82) is 0 Å². The molecule has 2 unspecified atom stereocenters. The molecule has 1 saturated carbocycles. The number of thioether (sulfide) groups is 2. The molecule has 0 aromatic carbocycles. The molecule has 3 heterocycles. The Bertz CT molecular complexity index is 732. The van der Waals surface area contributed by atoms with Crippen LogP contribution in [0.4, 0.5) is 0 Å². The highest BCUT2D eigenvalue weighted by Crippen LogP contribution is 2.45. The van der Waals surface area contributed by atoms with E-state index in [0.29, 0.717) is 18.4 Å². The van der Waals surface area contributed by atoms with Gasteiger partial charge in [-0.3, -0.25) is 14.4 Å². The summed E-state index contributed by atoms with van der Waals surface area (Å²) in [7, 11) is 0. The lowest BCUT2D eigenvalue weighted by atomic mass is 9.95. The van der Waals surface area contributed by atoms with Gasteiger partial charge in [0, 0.05) is 13.1 Å². The summed E-state index contributed by atoms with van der Waals surface area (Å²) in [6.45, 7) is 1.13. The zero-order chi connectivity index (χ0) is 20.2. The van der Waals surface area contributed by atoms with Crippen LogP contribution in [0.3, 0.4) is 0 Å². The van der Waals surface area contributed by atoms with Crippen LogP contribution in [0.25, 0.3) is 0 Å². The third kappa shape index (κ3) is 5.12. The van der Waals surface area contributed by atoms with Crippen LogP contribution in [0.2, 0.25) is 0 Å². The van der Waals surface area contributed by atoms with Gasteiger partial charge in [0.15, 0.2) is 5.76 Å². The number of nitrogens with zero attached hydrogens (tertiary/aromatic N) is 1. The van der Waals surface area contributed by atoms with Crippen molar-refractivity contribution in [3.8, 4) is 0 Å². The quantitative estimate of drug-likeness (QED) is 0.678. The summed E-state index contributed by atoms with van der Waals surface area (Å²) in [5.41, 5.74) is 0. The summed E-state index contributed by atoms with van der Waals surface area (Å²) in [4.78, 5) is 39.3. The van der Waals surface area contributed by atoms with E-state index >= 15 is 0 Å². The molecular formula is C20H27N3O4S2. The fourth-order valence-electron chi connectivity index (χ4n) is 4.19. The Balaban J connectivity index is 1.30. The Labute approximate surface area is 179 Å². The van der Waals surface area contributed by atoms with Gasteiger partial charge >= 0.3 is 0 Å². The van der Waals surface area contributed by atoms with Crippen molar-refractivity contribution in [3.63, 3.8) is 0 Å². The molecule has 3 amide bonds. The molecule has 1 aliphatic carbocycles. The Hall–Kier alpha value is -1.61. The van der Waals surface area contributed by atoms with Crippen molar-refractivity contribution in [2.45, 2.75) is 36.3 Å². The Morgan fingerprint density at radius 3 is 2.62 bits per heavy atom. The maximum atomic E-state index is 13.1. The maximum Gasteiger partial charge on any atom is 0.287 e. The van der Waals surface area contributed by atoms with Gasteiger partial charge in [-0.05, 0) is 61.2 Å². The Kier molecular flexibility index (Phi) is 6.74. The summed E-state index contributed by atoms with van der Waals surface area (Å²) in [5, 5.41) is 5.49. The minimum absolute atomic E-state index is 0.00695. The normalized spacial score (nSPS) is 25.0. The first kappa shape index (κ1) is 20.7. The van der Waals surface area contributed by atoms with Crippen molar-refractivity contribution in [2.75, 3.05) is 31.1 Å². The topological polar surface area (TPSA) is 91.7 Å². The zero-order valence-corrected chi connectivity index (χ0v) is 17.9. The smallest absolute Gasteiger partial charge is 0.287 e. The van der Waals surface area contributed by atoms with E-state index in [9.17, 15) is 14.4 Å². The SMILES string of the molecule is O=C(CNC(=O)c1ccco1)NCC1C(C2CC2)CCN1C(=O)C1SCCCS1. The predicted octanol–water partition coefficient (Wildman–Crippen LogP) is 1.95. The molecule has 29 heavy (non-hydrogen) atoms. The van der Waals surface area contributed by atoms with Gasteiger partial charge in [0.05, 0.1) is 18.8 Å².